The normalized spacial score (nSPS) is 25.8. The van der Waals surface area contributed by atoms with Gasteiger partial charge in [-0.1, -0.05) is 28.6 Å². The molecule has 32 heavy (non-hydrogen) atoms. The lowest BCUT2D eigenvalue weighted by Gasteiger charge is -2.41. The van der Waals surface area contributed by atoms with Crippen LogP contribution in [0.25, 0.3) is 11.3 Å². The molecule has 0 radical (unpaired) electrons. The van der Waals surface area contributed by atoms with Crippen molar-refractivity contribution in [3.05, 3.63) is 59.1 Å². The number of rotatable bonds is 5. The molecule has 1 aromatic carbocycles. The number of aromatic nitrogens is 4. The maximum absolute atomic E-state index is 13.6. The van der Waals surface area contributed by atoms with E-state index in [4.69, 9.17) is 16.3 Å². The van der Waals surface area contributed by atoms with E-state index in [0.29, 0.717) is 10.0 Å². The summed E-state index contributed by atoms with van der Waals surface area (Å²) in [6.07, 6.45) is -1.11. The van der Waals surface area contributed by atoms with Crippen LogP contribution in [0, 0.1) is 17.5 Å². The van der Waals surface area contributed by atoms with Gasteiger partial charge in [0.1, 0.15) is 40.5 Å². The van der Waals surface area contributed by atoms with Gasteiger partial charge in [-0.3, -0.25) is 0 Å². The van der Waals surface area contributed by atoms with Gasteiger partial charge in [0.05, 0.1) is 12.8 Å². The molecule has 0 unspecified atom stereocenters. The Bertz CT molecular complexity index is 1100. The minimum atomic E-state index is -1.61. The second-order valence-electron chi connectivity index (χ2n) is 6.97. The van der Waals surface area contributed by atoms with Gasteiger partial charge in [0.25, 0.3) is 0 Å². The molecule has 1 aliphatic heterocycles. The Balaban J connectivity index is 1.64. The molecule has 3 heterocycles. The standard InChI is InChI=1S/C19H16ClF3N4O4S/c20-9-1-2-24-14(5-9)32-19-18(30)16(17(29)13(7-28)31-19)27-6-12(25-26-27)8-3-10(21)15(23)11(22)4-8/h1-6,13,16-19,28-30H,7H2/t13-,16+,17+,18-,19-/m1/s1. The molecule has 1 aliphatic rings. The first-order valence-electron chi connectivity index (χ1n) is 9.26. The average Bonchev–Trinajstić information content (AvgIpc) is 3.23. The smallest absolute Gasteiger partial charge is 0.194 e. The lowest BCUT2D eigenvalue weighted by molar-refractivity contribution is -0.178. The summed E-state index contributed by atoms with van der Waals surface area (Å²) in [5.74, 6) is -4.41. The Kier molecular flexibility index (Phi) is 6.70. The molecular weight excluding hydrogens is 473 g/mol. The van der Waals surface area contributed by atoms with E-state index < -0.39 is 53.8 Å². The molecule has 170 valence electrons. The maximum atomic E-state index is 13.6. The van der Waals surface area contributed by atoms with Gasteiger partial charge >= 0.3 is 0 Å². The molecule has 0 saturated carbocycles. The highest BCUT2D eigenvalue weighted by Crippen LogP contribution is 2.38. The van der Waals surface area contributed by atoms with Crippen molar-refractivity contribution in [1.82, 2.24) is 20.0 Å². The summed E-state index contributed by atoms with van der Waals surface area (Å²) >= 11 is 6.98. The zero-order valence-electron chi connectivity index (χ0n) is 16.0. The number of hydrogen-bond donors (Lipinski definition) is 3. The van der Waals surface area contributed by atoms with E-state index in [1.807, 2.05) is 0 Å². The van der Waals surface area contributed by atoms with Gasteiger partial charge in [0.15, 0.2) is 17.5 Å². The highest BCUT2D eigenvalue weighted by atomic mass is 35.5. The van der Waals surface area contributed by atoms with Crippen molar-refractivity contribution in [1.29, 1.82) is 0 Å². The molecular formula is C19H16ClF3N4O4S. The van der Waals surface area contributed by atoms with Gasteiger partial charge < -0.3 is 20.1 Å². The molecule has 3 N–H and O–H groups in total. The summed E-state index contributed by atoms with van der Waals surface area (Å²) in [5, 5.41) is 39.7. The first kappa shape index (κ1) is 23.0. The minimum absolute atomic E-state index is 0.0186. The van der Waals surface area contributed by atoms with Crippen LogP contribution in [0.4, 0.5) is 13.2 Å². The largest absolute Gasteiger partial charge is 0.394 e. The fraction of sp³-hybridized carbons (Fsp3) is 0.316. The van der Waals surface area contributed by atoms with Crippen LogP contribution in [0.5, 0.6) is 0 Å². The first-order valence-corrected chi connectivity index (χ1v) is 10.5. The number of aliphatic hydroxyl groups excluding tert-OH is 3. The van der Waals surface area contributed by atoms with E-state index in [1.165, 1.54) is 12.4 Å². The topological polar surface area (TPSA) is 114 Å². The fourth-order valence-electron chi connectivity index (χ4n) is 3.30. The maximum Gasteiger partial charge on any atom is 0.194 e. The summed E-state index contributed by atoms with van der Waals surface area (Å²) in [4.78, 5) is 4.13. The van der Waals surface area contributed by atoms with Gasteiger partial charge in [-0.05, 0) is 24.3 Å². The molecule has 1 fully saturated rings. The number of halogens is 4. The Morgan fingerprint density at radius 3 is 2.50 bits per heavy atom. The van der Waals surface area contributed by atoms with Crippen LogP contribution >= 0.6 is 23.4 Å². The third kappa shape index (κ3) is 4.47. The number of hydrogen-bond acceptors (Lipinski definition) is 8. The molecule has 0 bridgehead atoms. The van der Waals surface area contributed by atoms with Gasteiger partial charge in [-0.25, -0.2) is 22.8 Å². The van der Waals surface area contributed by atoms with Gasteiger partial charge in [0, 0.05) is 16.8 Å². The van der Waals surface area contributed by atoms with E-state index in [9.17, 15) is 28.5 Å². The Labute approximate surface area is 188 Å². The average molecular weight is 489 g/mol. The van der Waals surface area contributed by atoms with Crippen LogP contribution < -0.4 is 0 Å². The monoisotopic (exact) mass is 488 g/mol. The first-order chi connectivity index (χ1) is 15.3. The molecule has 0 aliphatic carbocycles. The highest BCUT2D eigenvalue weighted by molar-refractivity contribution is 7.99. The summed E-state index contributed by atoms with van der Waals surface area (Å²) in [7, 11) is 0. The third-order valence-corrected chi connectivity index (χ3v) is 6.20. The fourth-order valence-corrected chi connectivity index (χ4v) is 4.58. The number of nitrogens with zero attached hydrogens (tertiary/aromatic N) is 4. The highest BCUT2D eigenvalue weighted by Gasteiger charge is 2.46. The van der Waals surface area contributed by atoms with Crippen LogP contribution in [0.15, 0.2) is 41.7 Å². The zero-order chi connectivity index (χ0) is 23.0. The predicted octanol–water partition coefficient (Wildman–Crippen LogP) is 2.18. The molecule has 13 heteroatoms. The molecule has 4 rings (SSSR count). The summed E-state index contributed by atoms with van der Waals surface area (Å²) < 4.78 is 47.1. The van der Waals surface area contributed by atoms with Gasteiger partial charge in [0.2, 0.25) is 0 Å². The van der Waals surface area contributed by atoms with E-state index >= 15 is 0 Å². The van der Waals surface area contributed by atoms with Crippen molar-refractivity contribution < 1.29 is 33.2 Å². The van der Waals surface area contributed by atoms with Crippen LogP contribution in [-0.4, -0.2) is 65.7 Å². The Morgan fingerprint density at radius 2 is 1.84 bits per heavy atom. The summed E-state index contributed by atoms with van der Waals surface area (Å²) in [6, 6.07) is 3.51. The molecule has 1 saturated heterocycles. The number of aliphatic hydroxyl groups is 3. The molecule has 2 aromatic heterocycles. The third-order valence-electron chi connectivity index (χ3n) is 4.88. The number of benzene rings is 1. The second-order valence-corrected chi connectivity index (χ2v) is 8.52. The number of ether oxygens (including phenoxy) is 1. The predicted molar refractivity (Wildman–Crippen MR) is 107 cm³/mol. The van der Waals surface area contributed by atoms with E-state index in [1.54, 1.807) is 12.1 Å². The lowest BCUT2D eigenvalue weighted by atomic mass is 9.97. The van der Waals surface area contributed by atoms with Gasteiger partial charge in [-0.15, -0.1) is 5.10 Å². The summed E-state index contributed by atoms with van der Waals surface area (Å²) in [5.41, 5.74) is -1.08. The SMILES string of the molecule is OC[C@H]1O[C@H](Sc2cc(Cl)ccn2)[C@H](O)[C@@H](n2cc(-c3cc(F)c(F)c(F)c3)nn2)[C@H]1O. The van der Waals surface area contributed by atoms with Crippen molar-refractivity contribution in [2.75, 3.05) is 6.61 Å². The van der Waals surface area contributed by atoms with Crippen LogP contribution in [0.2, 0.25) is 5.02 Å². The lowest BCUT2D eigenvalue weighted by Crippen LogP contribution is -2.55. The van der Waals surface area contributed by atoms with E-state index in [-0.39, 0.29) is 11.3 Å². The van der Waals surface area contributed by atoms with Crippen molar-refractivity contribution in [2.45, 2.75) is 34.8 Å². The van der Waals surface area contributed by atoms with Crippen LogP contribution in [0.3, 0.4) is 0 Å². The molecule has 8 nitrogen and oxygen atoms in total. The van der Waals surface area contributed by atoms with Crippen molar-refractivity contribution in [2.24, 2.45) is 0 Å². The van der Waals surface area contributed by atoms with Gasteiger partial charge in [-0.2, -0.15) is 0 Å². The summed E-state index contributed by atoms with van der Waals surface area (Å²) in [6.45, 7) is -0.555. The second kappa shape index (κ2) is 9.33. The minimum Gasteiger partial charge on any atom is -0.394 e. The van der Waals surface area contributed by atoms with Crippen LogP contribution in [0.1, 0.15) is 6.04 Å². The quantitative estimate of drug-likeness (QED) is 0.468. The van der Waals surface area contributed by atoms with E-state index in [2.05, 4.69) is 15.3 Å². The zero-order valence-corrected chi connectivity index (χ0v) is 17.6. The molecule has 0 spiro atoms. The molecule has 5 atom stereocenters. The number of thioether (sulfide) groups is 1. The van der Waals surface area contributed by atoms with E-state index in [0.717, 1.165) is 28.6 Å². The van der Waals surface area contributed by atoms with Crippen LogP contribution in [-0.2, 0) is 4.74 Å². The van der Waals surface area contributed by atoms with Crippen molar-refractivity contribution in [3.63, 3.8) is 0 Å². The van der Waals surface area contributed by atoms with Crippen molar-refractivity contribution in [3.8, 4) is 11.3 Å². The Morgan fingerprint density at radius 1 is 1.12 bits per heavy atom. The molecule has 3 aromatic rings. The van der Waals surface area contributed by atoms with Crippen molar-refractivity contribution >= 4 is 23.4 Å². The Hall–Kier alpha value is -2.22. The number of pyridine rings is 1. The molecule has 0 amide bonds.